The van der Waals surface area contributed by atoms with E-state index in [0.717, 1.165) is 71.4 Å². The van der Waals surface area contributed by atoms with Gasteiger partial charge in [0.15, 0.2) is 0 Å². The van der Waals surface area contributed by atoms with Crippen molar-refractivity contribution in [3.63, 3.8) is 0 Å². The van der Waals surface area contributed by atoms with Gasteiger partial charge in [-0.3, -0.25) is 9.80 Å². The Hall–Kier alpha value is -1.72. The molecule has 4 nitrogen and oxygen atoms in total. The maximum atomic E-state index is 10.6. The fraction of sp³-hybridized carbons (Fsp3) is 0.657. The summed E-state index contributed by atoms with van der Waals surface area (Å²) in [5.41, 5.74) is 2.89. The zero-order chi connectivity index (χ0) is 27.4. The lowest BCUT2D eigenvalue weighted by Gasteiger charge is -2.25. The Labute approximate surface area is 239 Å². The second-order valence-electron chi connectivity index (χ2n) is 11.8. The quantitative estimate of drug-likeness (QED) is 0.181. The zero-order valence-corrected chi connectivity index (χ0v) is 24.6. The minimum Gasteiger partial charge on any atom is -0.392 e. The Morgan fingerprint density at radius 1 is 0.487 bits per heavy atom. The number of aryl methyl sites for hydroxylation is 2. The summed E-state index contributed by atoms with van der Waals surface area (Å²) in [4.78, 5) is 4.87. The predicted molar refractivity (Wildman–Crippen MR) is 165 cm³/mol. The molecular weight excluding hydrogens is 480 g/mol. The van der Waals surface area contributed by atoms with Crippen LogP contribution in [0.4, 0.5) is 0 Å². The Morgan fingerprint density at radius 3 is 1.31 bits per heavy atom. The largest absolute Gasteiger partial charge is 0.392 e. The number of aliphatic hydroxyl groups is 2. The maximum Gasteiger partial charge on any atom is 0.0667 e. The number of unbranched alkanes of at least 4 members (excludes halogenated alkanes) is 8. The van der Waals surface area contributed by atoms with Crippen molar-refractivity contribution in [3.8, 4) is 0 Å². The van der Waals surface area contributed by atoms with Crippen molar-refractivity contribution < 1.29 is 10.2 Å². The molecule has 0 aliphatic carbocycles. The Kier molecular flexibility index (Phi) is 16.5. The molecule has 0 spiro atoms. The van der Waals surface area contributed by atoms with Crippen molar-refractivity contribution in [2.45, 2.75) is 109 Å². The van der Waals surface area contributed by atoms with Crippen LogP contribution < -0.4 is 0 Å². The van der Waals surface area contributed by atoms with Gasteiger partial charge in [-0.2, -0.15) is 0 Å². The average molecular weight is 537 g/mol. The highest BCUT2D eigenvalue weighted by Gasteiger charge is 2.19. The van der Waals surface area contributed by atoms with Crippen molar-refractivity contribution in [1.29, 1.82) is 0 Å². The van der Waals surface area contributed by atoms with Crippen LogP contribution in [-0.2, 0) is 12.8 Å². The summed E-state index contributed by atoms with van der Waals surface area (Å²) in [6, 6.07) is 21.5. The summed E-state index contributed by atoms with van der Waals surface area (Å²) in [6.07, 6.45) is 17.3. The second-order valence-corrected chi connectivity index (χ2v) is 11.8. The van der Waals surface area contributed by atoms with Gasteiger partial charge < -0.3 is 10.2 Å². The van der Waals surface area contributed by atoms with E-state index in [1.165, 1.54) is 75.3 Å². The molecule has 218 valence electrons. The van der Waals surface area contributed by atoms with Crippen molar-refractivity contribution >= 4 is 0 Å². The summed E-state index contributed by atoms with van der Waals surface area (Å²) >= 11 is 0. The summed E-state index contributed by atoms with van der Waals surface area (Å²) in [5.74, 6) is 0. The first-order chi connectivity index (χ1) is 19.2. The summed E-state index contributed by atoms with van der Waals surface area (Å²) in [7, 11) is 0. The van der Waals surface area contributed by atoms with E-state index >= 15 is 0 Å². The monoisotopic (exact) mass is 536 g/mol. The lowest BCUT2D eigenvalue weighted by molar-refractivity contribution is 0.0938. The molecule has 0 saturated carbocycles. The molecule has 2 atom stereocenters. The lowest BCUT2D eigenvalue weighted by atomic mass is 10.0. The van der Waals surface area contributed by atoms with Gasteiger partial charge in [-0.1, -0.05) is 112 Å². The molecule has 39 heavy (non-hydrogen) atoms. The van der Waals surface area contributed by atoms with Gasteiger partial charge in [0.1, 0.15) is 0 Å². The summed E-state index contributed by atoms with van der Waals surface area (Å²) in [5, 5.41) is 21.2. The number of rotatable bonds is 20. The highest BCUT2D eigenvalue weighted by Crippen LogP contribution is 2.14. The summed E-state index contributed by atoms with van der Waals surface area (Å²) < 4.78 is 0. The maximum absolute atomic E-state index is 10.6. The molecule has 2 N–H and O–H groups in total. The van der Waals surface area contributed by atoms with E-state index < -0.39 is 0 Å². The van der Waals surface area contributed by atoms with Crippen LogP contribution in [0.5, 0.6) is 0 Å². The minimum atomic E-state index is -0.209. The van der Waals surface area contributed by atoms with E-state index in [4.69, 9.17) is 0 Å². The lowest BCUT2D eigenvalue weighted by Crippen LogP contribution is -2.38. The van der Waals surface area contributed by atoms with Crippen LogP contribution in [0.2, 0.25) is 0 Å². The van der Waals surface area contributed by atoms with Crippen LogP contribution in [-0.4, -0.2) is 71.5 Å². The van der Waals surface area contributed by atoms with Crippen LogP contribution in [0.25, 0.3) is 0 Å². The molecular formula is C35H56N2O2. The van der Waals surface area contributed by atoms with E-state index in [9.17, 15) is 10.2 Å². The zero-order valence-electron chi connectivity index (χ0n) is 24.6. The van der Waals surface area contributed by atoms with E-state index in [1.807, 2.05) is 0 Å². The third-order valence-corrected chi connectivity index (χ3v) is 8.31. The molecule has 1 heterocycles. The Balaban J connectivity index is 1.14. The van der Waals surface area contributed by atoms with Crippen molar-refractivity contribution in [3.05, 3.63) is 71.8 Å². The number of hydrogen-bond acceptors (Lipinski definition) is 4. The van der Waals surface area contributed by atoms with Gasteiger partial charge >= 0.3 is 0 Å². The van der Waals surface area contributed by atoms with Gasteiger partial charge in [-0.05, 0) is 69.2 Å². The van der Waals surface area contributed by atoms with Gasteiger partial charge in [0, 0.05) is 26.2 Å². The predicted octanol–water partition coefficient (Wildman–Crippen LogP) is 6.88. The van der Waals surface area contributed by atoms with E-state index in [1.54, 1.807) is 0 Å². The molecule has 1 fully saturated rings. The molecule has 0 aromatic heterocycles. The van der Waals surface area contributed by atoms with Crippen molar-refractivity contribution in [1.82, 2.24) is 9.80 Å². The third-order valence-electron chi connectivity index (χ3n) is 8.31. The molecule has 2 aromatic carbocycles. The molecule has 3 rings (SSSR count). The number of nitrogens with zero attached hydrogens (tertiary/aromatic N) is 2. The Bertz CT molecular complexity index is 762. The van der Waals surface area contributed by atoms with Crippen LogP contribution in [0.15, 0.2) is 60.7 Å². The molecule has 1 aliphatic heterocycles. The van der Waals surface area contributed by atoms with E-state index in [-0.39, 0.29) is 12.2 Å². The fourth-order valence-corrected chi connectivity index (χ4v) is 5.94. The summed E-state index contributed by atoms with van der Waals surface area (Å²) in [6.45, 7) is 5.73. The Morgan fingerprint density at radius 2 is 0.872 bits per heavy atom. The van der Waals surface area contributed by atoms with Gasteiger partial charge in [0.25, 0.3) is 0 Å². The second kappa shape index (κ2) is 20.2. The third kappa shape index (κ3) is 15.0. The molecule has 0 bridgehead atoms. The normalized spacial score (nSPS) is 16.7. The van der Waals surface area contributed by atoms with Crippen LogP contribution >= 0.6 is 0 Å². The molecule has 4 heteroatoms. The molecule has 1 aliphatic rings. The van der Waals surface area contributed by atoms with Crippen molar-refractivity contribution in [2.24, 2.45) is 0 Å². The van der Waals surface area contributed by atoms with E-state index in [2.05, 4.69) is 70.5 Å². The number of aliphatic hydroxyl groups excluding tert-OH is 2. The van der Waals surface area contributed by atoms with Crippen LogP contribution in [0, 0.1) is 0 Å². The highest BCUT2D eigenvalue weighted by atomic mass is 16.3. The standard InChI is InChI=1S/C35H56N2O2/c38-34(24-15-5-1-3-9-18-32-20-11-7-12-21-32)30-36-26-17-27-37(29-28-36)31-35(39)25-16-6-2-4-10-19-33-22-13-8-14-23-33/h7-8,11-14,20-23,34-35,38-39H,1-6,9-10,15-19,24-31H2/t34-,35-/m1/s1. The minimum absolute atomic E-state index is 0.209. The molecule has 0 radical (unpaired) electrons. The highest BCUT2D eigenvalue weighted by molar-refractivity contribution is 5.15. The van der Waals surface area contributed by atoms with E-state index in [0.29, 0.717) is 0 Å². The van der Waals surface area contributed by atoms with Gasteiger partial charge in [-0.15, -0.1) is 0 Å². The molecule has 2 aromatic rings. The fourth-order valence-electron chi connectivity index (χ4n) is 5.94. The molecule has 1 saturated heterocycles. The van der Waals surface area contributed by atoms with Crippen LogP contribution in [0.3, 0.4) is 0 Å². The van der Waals surface area contributed by atoms with Gasteiger partial charge in [0.2, 0.25) is 0 Å². The number of β-amino-alcohol motifs (C(OH)–C–C–N with tert-alkyl or cyclic N) is 2. The van der Waals surface area contributed by atoms with Crippen LogP contribution in [0.1, 0.15) is 94.6 Å². The van der Waals surface area contributed by atoms with Gasteiger partial charge in [0.05, 0.1) is 12.2 Å². The SMILES string of the molecule is O[C@H](CCCCCCCc1ccccc1)CN1CCCN(C[C@H](O)CCCCCCCc2ccccc2)CC1. The first-order valence-corrected chi connectivity index (χ1v) is 16.1. The topological polar surface area (TPSA) is 46.9 Å². The first-order valence-electron chi connectivity index (χ1n) is 16.1. The smallest absolute Gasteiger partial charge is 0.0667 e. The van der Waals surface area contributed by atoms with Crippen molar-refractivity contribution in [2.75, 3.05) is 39.3 Å². The first kappa shape index (κ1) is 31.8. The number of benzene rings is 2. The number of hydrogen-bond donors (Lipinski definition) is 2. The molecule has 0 unspecified atom stereocenters. The molecule has 0 amide bonds. The van der Waals surface area contributed by atoms with Gasteiger partial charge in [-0.25, -0.2) is 0 Å². The average Bonchev–Trinajstić information content (AvgIpc) is 3.17.